The van der Waals surface area contributed by atoms with E-state index in [0.29, 0.717) is 6.04 Å². The Kier molecular flexibility index (Phi) is 4.63. The molecular formula is C14H24N2O. The quantitative estimate of drug-likeness (QED) is 0.851. The molecule has 0 saturated carbocycles. The molecule has 0 aliphatic carbocycles. The van der Waals surface area contributed by atoms with Gasteiger partial charge in [-0.15, -0.1) is 0 Å². The lowest BCUT2D eigenvalue weighted by Crippen LogP contribution is -2.45. The van der Waals surface area contributed by atoms with Crippen molar-refractivity contribution in [2.45, 2.75) is 39.3 Å². The minimum Gasteiger partial charge on any atom is -0.468 e. The Hall–Kier alpha value is -0.800. The molecule has 2 unspecified atom stereocenters. The van der Waals surface area contributed by atoms with E-state index in [0.717, 1.165) is 31.3 Å². The van der Waals surface area contributed by atoms with Gasteiger partial charge in [0.05, 0.1) is 12.8 Å². The molecule has 1 aliphatic rings. The summed E-state index contributed by atoms with van der Waals surface area (Å²) < 4.78 is 5.41. The predicted molar refractivity (Wildman–Crippen MR) is 69.8 cm³/mol. The molecule has 2 heterocycles. The molecule has 0 aromatic carbocycles. The average molecular weight is 236 g/mol. The third-order valence-electron chi connectivity index (χ3n) is 3.64. The van der Waals surface area contributed by atoms with Gasteiger partial charge in [-0.05, 0) is 44.0 Å². The third-order valence-corrected chi connectivity index (χ3v) is 3.64. The fourth-order valence-corrected chi connectivity index (χ4v) is 2.60. The second-order valence-electron chi connectivity index (χ2n) is 5.19. The summed E-state index contributed by atoms with van der Waals surface area (Å²) in [5, 5.41) is 3.62. The van der Waals surface area contributed by atoms with Crippen molar-refractivity contribution >= 4 is 0 Å². The van der Waals surface area contributed by atoms with E-state index in [2.05, 4.69) is 30.1 Å². The smallest absolute Gasteiger partial charge is 0.117 e. The second kappa shape index (κ2) is 6.22. The first-order valence-corrected chi connectivity index (χ1v) is 6.76. The molecule has 2 rings (SSSR count). The fraction of sp³-hybridized carbons (Fsp3) is 0.714. The van der Waals surface area contributed by atoms with Crippen molar-refractivity contribution in [3.05, 3.63) is 24.2 Å². The maximum atomic E-state index is 5.41. The van der Waals surface area contributed by atoms with Gasteiger partial charge < -0.3 is 9.73 Å². The summed E-state index contributed by atoms with van der Waals surface area (Å²) in [6, 6.07) is 4.66. The molecule has 0 spiro atoms. The third kappa shape index (κ3) is 3.86. The molecule has 3 heteroatoms. The summed E-state index contributed by atoms with van der Waals surface area (Å²) in [5.41, 5.74) is 0. The molecule has 2 atom stereocenters. The highest BCUT2D eigenvalue weighted by Gasteiger charge is 2.20. The molecule has 1 aromatic heterocycles. The number of rotatable bonds is 5. The minimum atomic E-state index is 0.647. The van der Waals surface area contributed by atoms with E-state index >= 15 is 0 Å². The van der Waals surface area contributed by atoms with Crippen LogP contribution in [0.3, 0.4) is 0 Å². The van der Waals surface area contributed by atoms with E-state index in [4.69, 9.17) is 4.42 Å². The number of furan rings is 1. The predicted octanol–water partition coefficient (Wildman–Crippen LogP) is 2.49. The van der Waals surface area contributed by atoms with Crippen LogP contribution in [0, 0.1) is 5.92 Å². The van der Waals surface area contributed by atoms with E-state index in [1.165, 1.54) is 19.4 Å². The highest BCUT2D eigenvalue weighted by Crippen LogP contribution is 2.16. The second-order valence-corrected chi connectivity index (χ2v) is 5.19. The molecule has 17 heavy (non-hydrogen) atoms. The zero-order valence-corrected chi connectivity index (χ0v) is 11.0. The molecule has 1 aromatic rings. The largest absolute Gasteiger partial charge is 0.468 e. The summed E-state index contributed by atoms with van der Waals surface area (Å²) in [6.07, 6.45) is 4.37. The zero-order chi connectivity index (χ0) is 12.1. The first-order valence-electron chi connectivity index (χ1n) is 6.76. The standard InChI is InChI=1S/C14H24N2O/c1-3-16(11-14-5-4-8-17-14)10-13-9-12(2)6-7-15-13/h4-5,8,12-13,15H,3,6-7,9-11H2,1-2H3. The first-order chi connectivity index (χ1) is 8.28. The van der Waals surface area contributed by atoms with Crippen molar-refractivity contribution in [3.63, 3.8) is 0 Å². The SMILES string of the molecule is CCN(Cc1ccco1)CC1CC(C)CCN1. The molecule has 0 bridgehead atoms. The Morgan fingerprint density at radius 2 is 2.41 bits per heavy atom. The number of nitrogens with zero attached hydrogens (tertiary/aromatic N) is 1. The maximum absolute atomic E-state index is 5.41. The van der Waals surface area contributed by atoms with Crippen LogP contribution in [0.1, 0.15) is 32.4 Å². The lowest BCUT2D eigenvalue weighted by Gasteiger charge is -2.32. The Labute approximate surface area is 104 Å². The van der Waals surface area contributed by atoms with Crippen LogP contribution in [0.15, 0.2) is 22.8 Å². The van der Waals surface area contributed by atoms with Gasteiger partial charge in [-0.2, -0.15) is 0 Å². The summed E-state index contributed by atoms with van der Waals surface area (Å²) in [6.45, 7) is 8.88. The maximum Gasteiger partial charge on any atom is 0.117 e. The summed E-state index contributed by atoms with van der Waals surface area (Å²) in [7, 11) is 0. The van der Waals surface area contributed by atoms with Crippen LogP contribution in [0.25, 0.3) is 0 Å². The molecule has 3 nitrogen and oxygen atoms in total. The normalized spacial score (nSPS) is 25.4. The van der Waals surface area contributed by atoms with Gasteiger partial charge in [-0.25, -0.2) is 0 Å². The van der Waals surface area contributed by atoms with Crippen LogP contribution in [0.4, 0.5) is 0 Å². The number of piperidine rings is 1. The van der Waals surface area contributed by atoms with Gasteiger partial charge in [0, 0.05) is 12.6 Å². The molecule has 1 fully saturated rings. The van der Waals surface area contributed by atoms with E-state index in [1.54, 1.807) is 6.26 Å². The zero-order valence-electron chi connectivity index (χ0n) is 11.0. The van der Waals surface area contributed by atoms with Crippen molar-refractivity contribution in [1.82, 2.24) is 10.2 Å². The Morgan fingerprint density at radius 3 is 3.06 bits per heavy atom. The van der Waals surface area contributed by atoms with Crippen LogP contribution >= 0.6 is 0 Å². The Morgan fingerprint density at radius 1 is 1.53 bits per heavy atom. The van der Waals surface area contributed by atoms with E-state index in [1.807, 2.05) is 6.07 Å². The first kappa shape index (κ1) is 12.7. The topological polar surface area (TPSA) is 28.4 Å². The molecule has 1 N–H and O–H groups in total. The van der Waals surface area contributed by atoms with Crippen molar-refractivity contribution in [3.8, 4) is 0 Å². The fourth-order valence-electron chi connectivity index (χ4n) is 2.60. The monoisotopic (exact) mass is 236 g/mol. The minimum absolute atomic E-state index is 0.647. The van der Waals surface area contributed by atoms with Crippen molar-refractivity contribution < 1.29 is 4.42 Å². The summed E-state index contributed by atoms with van der Waals surface area (Å²) in [5.74, 6) is 1.93. The van der Waals surface area contributed by atoms with Gasteiger partial charge >= 0.3 is 0 Å². The number of likely N-dealkylation sites (N-methyl/N-ethyl adjacent to an activating group) is 1. The van der Waals surface area contributed by atoms with Crippen LogP contribution < -0.4 is 5.32 Å². The molecule has 96 valence electrons. The molecule has 1 aliphatic heterocycles. The van der Waals surface area contributed by atoms with Gasteiger partial charge in [0.15, 0.2) is 0 Å². The summed E-state index contributed by atoms with van der Waals surface area (Å²) in [4.78, 5) is 2.45. The van der Waals surface area contributed by atoms with E-state index in [-0.39, 0.29) is 0 Å². The van der Waals surface area contributed by atoms with E-state index < -0.39 is 0 Å². The van der Waals surface area contributed by atoms with E-state index in [9.17, 15) is 0 Å². The van der Waals surface area contributed by atoms with Gasteiger partial charge in [0.2, 0.25) is 0 Å². The highest BCUT2D eigenvalue weighted by molar-refractivity contribution is 4.98. The summed E-state index contributed by atoms with van der Waals surface area (Å²) >= 11 is 0. The highest BCUT2D eigenvalue weighted by atomic mass is 16.3. The molecular weight excluding hydrogens is 212 g/mol. The van der Waals surface area contributed by atoms with Gasteiger partial charge in [-0.3, -0.25) is 4.90 Å². The van der Waals surface area contributed by atoms with Gasteiger partial charge in [0.25, 0.3) is 0 Å². The van der Waals surface area contributed by atoms with Crippen molar-refractivity contribution in [1.29, 1.82) is 0 Å². The number of nitrogens with one attached hydrogen (secondary N) is 1. The number of hydrogen-bond donors (Lipinski definition) is 1. The van der Waals surface area contributed by atoms with Crippen LogP contribution in [0.5, 0.6) is 0 Å². The lowest BCUT2D eigenvalue weighted by molar-refractivity contribution is 0.196. The molecule has 0 radical (unpaired) electrons. The van der Waals surface area contributed by atoms with Crippen molar-refractivity contribution in [2.75, 3.05) is 19.6 Å². The van der Waals surface area contributed by atoms with Crippen LogP contribution in [-0.2, 0) is 6.54 Å². The molecule has 1 saturated heterocycles. The number of hydrogen-bond acceptors (Lipinski definition) is 3. The molecule has 0 amide bonds. The Bertz CT molecular complexity index is 310. The van der Waals surface area contributed by atoms with Crippen molar-refractivity contribution in [2.24, 2.45) is 5.92 Å². The average Bonchev–Trinajstić information content (AvgIpc) is 2.81. The van der Waals surface area contributed by atoms with Crippen LogP contribution in [-0.4, -0.2) is 30.6 Å². The Balaban J connectivity index is 1.82. The van der Waals surface area contributed by atoms with Gasteiger partial charge in [0.1, 0.15) is 5.76 Å². The van der Waals surface area contributed by atoms with Crippen LogP contribution in [0.2, 0.25) is 0 Å². The lowest BCUT2D eigenvalue weighted by atomic mass is 9.94. The van der Waals surface area contributed by atoms with Gasteiger partial charge in [-0.1, -0.05) is 13.8 Å².